The highest BCUT2D eigenvalue weighted by Crippen LogP contribution is 2.27. The maximum Gasteiger partial charge on any atom is 0.254 e. The predicted molar refractivity (Wildman–Crippen MR) is 73.5 cm³/mol. The van der Waals surface area contributed by atoms with E-state index in [0.717, 1.165) is 50.9 Å². The van der Waals surface area contributed by atoms with Crippen molar-refractivity contribution in [3.05, 3.63) is 0 Å². The lowest BCUT2D eigenvalue weighted by Crippen LogP contribution is -2.45. The van der Waals surface area contributed by atoms with Gasteiger partial charge in [-0.1, -0.05) is 0 Å². The van der Waals surface area contributed by atoms with Crippen LogP contribution in [-0.4, -0.2) is 62.9 Å². The molecule has 0 radical (unpaired) electrons. The van der Waals surface area contributed by atoms with E-state index in [1.54, 1.807) is 0 Å². The molecule has 6 heteroatoms. The molecule has 0 aromatic rings. The number of fused-ring (bicyclic) bond motifs is 1. The molecule has 3 rings (SSSR count). The largest absolute Gasteiger partial charge is 0.376 e. The Balaban J connectivity index is 0.00000133. The molecule has 1 unspecified atom stereocenters. The van der Waals surface area contributed by atoms with Crippen LogP contribution in [-0.2, 0) is 14.3 Å². The standard InChI is InChI=1S/C13H22N2O3.ClH/c16-13(12-9-17-5-6-18-12)15-3-1-10-7-14-8-11(10)2-4-15;/h10-12,14H,1-9H2;1H/t10-,11+,12?;. The first-order valence-corrected chi connectivity index (χ1v) is 7.03. The molecule has 0 aromatic carbocycles. The summed E-state index contributed by atoms with van der Waals surface area (Å²) in [5.41, 5.74) is 0. The van der Waals surface area contributed by atoms with Crippen LogP contribution in [0.1, 0.15) is 12.8 Å². The molecule has 19 heavy (non-hydrogen) atoms. The Hall–Kier alpha value is -0.360. The van der Waals surface area contributed by atoms with Gasteiger partial charge in [0.15, 0.2) is 6.10 Å². The van der Waals surface area contributed by atoms with Crippen molar-refractivity contribution in [1.29, 1.82) is 0 Å². The minimum atomic E-state index is -0.366. The van der Waals surface area contributed by atoms with E-state index in [9.17, 15) is 4.79 Å². The van der Waals surface area contributed by atoms with E-state index in [4.69, 9.17) is 9.47 Å². The van der Waals surface area contributed by atoms with Gasteiger partial charge in [-0.3, -0.25) is 4.79 Å². The third kappa shape index (κ3) is 3.40. The monoisotopic (exact) mass is 290 g/mol. The number of nitrogens with one attached hydrogen (secondary N) is 1. The van der Waals surface area contributed by atoms with Gasteiger partial charge in [-0.05, 0) is 37.8 Å². The zero-order valence-corrected chi connectivity index (χ0v) is 12.0. The number of halogens is 1. The second kappa shape index (κ2) is 6.88. The van der Waals surface area contributed by atoms with Gasteiger partial charge < -0.3 is 19.7 Å². The summed E-state index contributed by atoms with van der Waals surface area (Å²) < 4.78 is 10.8. The Labute approximate surface area is 120 Å². The SMILES string of the molecule is Cl.O=C(C1COCCO1)N1CC[C@@H]2CNC[C@@H]2CC1. The highest BCUT2D eigenvalue weighted by atomic mass is 35.5. The number of likely N-dealkylation sites (tertiary alicyclic amines) is 1. The normalized spacial score (nSPS) is 35.2. The average Bonchev–Trinajstić information content (AvgIpc) is 2.78. The van der Waals surface area contributed by atoms with Gasteiger partial charge in [0.25, 0.3) is 5.91 Å². The molecule has 0 aromatic heterocycles. The Morgan fingerprint density at radius 3 is 2.37 bits per heavy atom. The fraction of sp³-hybridized carbons (Fsp3) is 0.923. The molecule has 1 N–H and O–H groups in total. The molecule has 0 spiro atoms. The van der Waals surface area contributed by atoms with E-state index in [1.807, 2.05) is 4.90 Å². The van der Waals surface area contributed by atoms with Crippen molar-refractivity contribution >= 4 is 18.3 Å². The van der Waals surface area contributed by atoms with Gasteiger partial charge in [0.05, 0.1) is 19.8 Å². The number of hydrogen-bond acceptors (Lipinski definition) is 4. The summed E-state index contributed by atoms with van der Waals surface area (Å²) in [5.74, 6) is 1.64. The number of hydrogen-bond donors (Lipinski definition) is 1. The maximum absolute atomic E-state index is 12.3. The summed E-state index contributed by atoms with van der Waals surface area (Å²) >= 11 is 0. The van der Waals surface area contributed by atoms with Crippen LogP contribution in [0.2, 0.25) is 0 Å². The highest BCUT2D eigenvalue weighted by Gasteiger charge is 2.34. The van der Waals surface area contributed by atoms with Crippen molar-refractivity contribution in [2.45, 2.75) is 18.9 Å². The molecule has 3 fully saturated rings. The lowest BCUT2D eigenvalue weighted by Gasteiger charge is -2.28. The topological polar surface area (TPSA) is 50.8 Å². The maximum atomic E-state index is 12.3. The summed E-state index contributed by atoms with van der Waals surface area (Å²) in [4.78, 5) is 14.3. The van der Waals surface area contributed by atoms with Crippen molar-refractivity contribution in [1.82, 2.24) is 10.2 Å². The zero-order valence-electron chi connectivity index (χ0n) is 11.2. The molecule has 3 heterocycles. The van der Waals surface area contributed by atoms with Gasteiger partial charge in [-0.15, -0.1) is 12.4 Å². The molecule has 1 amide bonds. The number of ether oxygens (including phenoxy) is 2. The Morgan fingerprint density at radius 1 is 1.11 bits per heavy atom. The van der Waals surface area contributed by atoms with Gasteiger partial charge >= 0.3 is 0 Å². The molecule has 0 aliphatic carbocycles. The van der Waals surface area contributed by atoms with Crippen molar-refractivity contribution < 1.29 is 14.3 Å². The van der Waals surface area contributed by atoms with Crippen LogP contribution in [0.15, 0.2) is 0 Å². The lowest BCUT2D eigenvalue weighted by atomic mass is 9.92. The van der Waals surface area contributed by atoms with E-state index in [-0.39, 0.29) is 24.4 Å². The first kappa shape index (κ1) is 15.0. The van der Waals surface area contributed by atoms with E-state index in [2.05, 4.69) is 5.32 Å². The quantitative estimate of drug-likeness (QED) is 0.754. The molecule has 110 valence electrons. The van der Waals surface area contributed by atoms with Crippen LogP contribution in [0.5, 0.6) is 0 Å². The molecule has 3 atom stereocenters. The third-order valence-corrected chi connectivity index (χ3v) is 4.42. The Kier molecular flexibility index (Phi) is 5.45. The molecule has 3 saturated heterocycles. The van der Waals surface area contributed by atoms with Crippen LogP contribution >= 0.6 is 12.4 Å². The summed E-state index contributed by atoms with van der Waals surface area (Å²) in [6.45, 7) is 5.57. The van der Waals surface area contributed by atoms with Crippen LogP contribution < -0.4 is 5.32 Å². The zero-order chi connectivity index (χ0) is 12.4. The lowest BCUT2D eigenvalue weighted by molar-refractivity contribution is -0.157. The van der Waals surface area contributed by atoms with Crippen LogP contribution in [0.4, 0.5) is 0 Å². The second-order valence-electron chi connectivity index (χ2n) is 5.52. The summed E-state index contributed by atoms with van der Waals surface area (Å²) in [6.07, 6.45) is 1.88. The van der Waals surface area contributed by atoms with Crippen molar-refractivity contribution in [2.75, 3.05) is 46.0 Å². The van der Waals surface area contributed by atoms with E-state index < -0.39 is 0 Å². The minimum absolute atomic E-state index is 0. The number of carbonyl (C=O) groups excluding carboxylic acids is 1. The van der Waals surface area contributed by atoms with E-state index >= 15 is 0 Å². The van der Waals surface area contributed by atoms with Crippen molar-refractivity contribution in [3.8, 4) is 0 Å². The summed E-state index contributed by atoms with van der Waals surface area (Å²) in [5, 5.41) is 3.45. The fourth-order valence-corrected chi connectivity index (χ4v) is 3.27. The van der Waals surface area contributed by atoms with Crippen LogP contribution in [0, 0.1) is 11.8 Å². The van der Waals surface area contributed by atoms with Crippen LogP contribution in [0.3, 0.4) is 0 Å². The minimum Gasteiger partial charge on any atom is -0.376 e. The van der Waals surface area contributed by atoms with E-state index in [0.29, 0.717) is 19.8 Å². The summed E-state index contributed by atoms with van der Waals surface area (Å²) in [6, 6.07) is 0. The Bertz CT molecular complexity index is 296. The molecule has 0 bridgehead atoms. The first-order valence-electron chi connectivity index (χ1n) is 7.03. The average molecular weight is 291 g/mol. The van der Waals surface area contributed by atoms with Gasteiger partial charge in [0, 0.05) is 13.1 Å². The number of carbonyl (C=O) groups is 1. The van der Waals surface area contributed by atoms with Gasteiger partial charge in [-0.2, -0.15) is 0 Å². The van der Waals surface area contributed by atoms with Gasteiger partial charge in [-0.25, -0.2) is 0 Å². The number of rotatable bonds is 1. The smallest absolute Gasteiger partial charge is 0.254 e. The molecule has 3 aliphatic heterocycles. The van der Waals surface area contributed by atoms with Crippen molar-refractivity contribution in [3.63, 3.8) is 0 Å². The molecule has 5 nitrogen and oxygen atoms in total. The molecular formula is C13H23ClN2O3. The molecule has 3 aliphatic rings. The second-order valence-corrected chi connectivity index (χ2v) is 5.52. The van der Waals surface area contributed by atoms with Crippen LogP contribution in [0.25, 0.3) is 0 Å². The van der Waals surface area contributed by atoms with Crippen molar-refractivity contribution in [2.24, 2.45) is 11.8 Å². The predicted octanol–water partition coefficient (Wildman–Crippen LogP) is 0.282. The fourth-order valence-electron chi connectivity index (χ4n) is 3.27. The number of nitrogens with zero attached hydrogens (tertiary/aromatic N) is 1. The highest BCUT2D eigenvalue weighted by molar-refractivity contribution is 5.85. The van der Waals surface area contributed by atoms with Gasteiger partial charge in [0.1, 0.15) is 0 Å². The Morgan fingerprint density at radius 2 is 1.79 bits per heavy atom. The molecular weight excluding hydrogens is 268 g/mol. The number of amides is 1. The summed E-state index contributed by atoms with van der Waals surface area (Å²) in [7, 11) is 0. The third-order valence-electron chi connectivity index (χ3n) is 4.42. The molecule has 0 saturated carbocycles. The van der Waals surface area contributed by atoms with Gasteiger partial charge in [0.2, 0.25) is 0 Å². The van der Waals surface area contributed by atoms with E-state index in [1.165, 1.54) is 0 Å². The first-order chi connectivity index (χ1) is 8.84.